The standard InChI is InChI=1S/C6H14N2.2ClH/c1-2-8-4-3-6(7)5-8;;/h6H,2-5,7H2,1H3;2*1H/t6-;;/m1../s1. The Bertz CT molecular complexity index is 80.1. The third kappa shape index (κ3) is 3.62. The molecule has 0 bridgehead atoms. The van der Waals surface area contributed by atoms with Crippen molar-refractivity contribution in [2.75, 3.05) is 19.6 Å². The first-order valence-corrected chi connectivity index (χ1v) is 3.31. The molecule has 1 aliphatic rings. The van der Waals surface area contributed by atoms with Crippen LogP contribution in [0.15, 0.2) is 0 Å². The number of nitrogens with zero attached hydrogens (tertiary/aromatic N) is 1. The van der Waals surface area contributed by atoms with Crippen LogP contribution in [-0.2, 0) is 0 Å². The summed E-state index contributed by atoms with van der Waals surface area (Å²) in [4.78, 5) is 2.38. The van der Waals surface area contributed by atoms with Crippen molar-refractivity contribution in [2.24, 2.45) is 5.73 Å². The Kier molecular flexibility index (Phi) is 8.17. The maximum atomic E-state index is 5.66. The number of rotatable bonds is 1. The van der Waals surface area contributed by atoms with Gasteiger partial charge in [-0.25, -0.2) is 0 Å². The number of nitrogens with two attached hydrogens (primary N) is 1. The highest BCUT2D eigenvalue weighted by molar-refractivity contribution is 5.85. The molecule has 1 rings (SSSR count). The number of hydrogen-bond acceptors (Lipinski definition) is 2. The van der Waals surface area contributed by atoms with Crippen LogP contribution in [0.5, 0.6) is 0 Å². The van der Waals surface area contributed by atoms with Crippen LogP contribution >= 0.6 is 24.8 Å². The maximum absolute atomic E-state index is 5.66. The molecule has 0 saturated carbocycles. The van der Waals surface area contributed by atoms with Gasteiger partial charge < -0.3 is 10.6 Å². The van der Waals surface area contributed by atoms with E-state index in [0.29, 0.717) is 6.04 Å². The maximum Gasteiger partial charge on any atom is 0.0180 e. The van der Waals surface area contributed by atoms with Crippen molar-refractivity contribution in [3.8, 4) is 0 Å². The average molecular weight is 187 g/mol. The van der Waals surface area contributed by atoms with Crippen LogP contribution in [0, 0.1) is 0 Å². The molecule has 0 radical (unpaired) electrons. The van der Waals surface area contributed by atoms with E-state index >= 15 is 0 Å². The molecule has 2 N–H and O–H groups in total. The first-order chi connectivity index (χ1) is 3.83. The first kappa shape index (κ1) is 13.1. The minimum Gasteiger partial charge on any atom is -0.326 e. The summed E-state index contributed by atoms with van der Waals surface area (Å²) < 4.78 is 0. The molecule has 4 heteroatoms. The van der Waals surface area contributed by atoms with Gasteiger partial charge in [0.2, 0.25) is 0 Å². The van der Waals surface area contributed by atoms with Crippen molar-refractivity contribution in [3.05, 3.63) is 0 Å². The lowest BCUT2D eigenvalue weighted by Gasteiger charge is -2.09. The van der Waals surface area contributed by atoms with Crippen LogP contribution in [0.4, 0.5) is 0 Å². The molecule has 0 spiro atoms. The van der Waals surface area contributed by atoms with Crippen LogP contribution in [0.2, 0.25) is 0 Å². The normalized spacial score (nSPS) is 25.2. The quantitative estimate of drug-likeness (QED) is 0.660. The molecule has 0 aromatic carbocycles. The van der Waals surface area contributed by atoms with Gasteiger partial charge >= 0.3 is 0 Å². The second-order valence-corrected chi connectivity index (χ2v) is 2.44. The van der Waals surface area contributed by atoms with Gasteiger partial charge in [-0.15, -0.1) is 24.8 Å². The molecule has 0 aromatic heterocycles. The fourth-order valence-electron chi connectivity index (χ4n) is 1.15. The summed E-state index contributed by atoms with van der Waals surface area (Å²) in [6.45, 7) is 5.65. The van der Waals surface area contributed by atoms with E-state index in [4.69, 9.17) is 5.73 Å². The molecule has 1 saturated heterocycles. The Balaban J connectivity index is 0. The topological polar surface area (TPSA) is 29.3 Å². The third-order valence-corrected chi connectivity index (χ3v) is 1.76. The summed E-state index contributed by atoms with van der Waals surface area (Å²) in [6, 6.07) is 0.454. The first-order valence-electron chi connectivity index (χ1n) is 3.31. The van der Waals surface area contributed by atoms with Crippen LogP contribution in [0.25, 0.3) is 0 Å². The lowest BCUT2D eigenvalue weighted by atomic mass is 10.3. The predicted octanol–water partition coefficient (Wildman–Crippen LogP) is 0.883. The summed E-state index contributed by atoms with van der Waals surface area (Å²) >= 11 is 0. The number of halogens is 2. The van der Waals surface area contributed by atoms with Gasteiger partial charge in [-0.1, -0.05) is 6.92 Å². The molecule has 64 valence electrons. The second-order valence-electron chi connectivity index (χ2n) is 2.44. The SMILES string of the molecule is CCN1CC[C@@H](N)C1.Cl.Cl. The smallest absolute Gasteiger partial charge is 0.0180 e. The molecule has 1 aliphatic heterocycles. The third-order valence-electron chi connectivity index (χ3n) is 1.76. The van der Waals surface area contributed by atoms with Gasteiger partial charge in [-0.05, 0) is 19.5 Å². The van der Waals surface area contributed by atoms with Crippen LogP contribution in [0.1, 0.15) is 13.3 Å². The molecule has 0 aromatic rings. The highest BCUT2D eigenvalue weighted by atomic mass is 35.5. The van der Waals surface area contributed by atoms with Crippen molar-refractivity contribution in [1.82, 2.24) is 4.90 Å². The van der Waals surface area contributed by atoms with Crippen molar-refractivity contribution >= 4 is 24.8 Å². The van der Waals surface area contributed by atoms with E-state index in [1.165, 1.54) is 13.0 Å². The Morgan fingerprint density at radius 2 is 2.10 bits per heavy atom. The molecule has 1 heterocycles. The minimum absolute atomic E-state index is 0. The van der Waals surface area contributed by atoms with E-state index in [2.05, 4.69) is 11.8 Å². The van der Waals surface area contributed by atoms with E-state index < -0.39 is 0 Å². The minimum atomic E-state index is 0. The lowest BCUT2D eigenvalue weighted by molar-refractivity contribution is 0.354. The predicted molar refractivity (Wildman–Crippen MR) is 49.2 cm³/mol. The lowest BCUT2D eigenvalue weighted by Crippen LogP contribution is -2.26. The molecular formula is C6H16Cl2N2. The zero-order chi connectivity index (χ0) is 5.98. The van der Waals surface area contributed by atoms with E-state index in [1.807, 2.05) is 0 Å². The molecule has 1 atom stereocenters. The Hall–Kier alpha value is 0.500. The zero-order valence-corrected chi connectivity index (χ0v) is 7.88. The summed E-state index contributed by atoms with van der Waals surface area (Å²) in [5.74, 6) is 0. The fraction of sp³-hybridized carbons (Fsp3) is 1.00. The molecule has 0 unspecified atom stereocenters. The van der Waals surface area contributed by atoms with Gasteiger partial charge in [0.25, 0.3) is 0 Å². The molecule has 0 aliphatic carbocycles. The van der Waals surface area contributed by atoms with Gasteiger partial charge in [0.15, 0.2) is 0 Å². The Labute approximate surface area is 75.0 Å². The van der Waals surface area contributed by atoms with E-state index in [1.54, 1.807) is 0 Å². The molecule has 2 nitrogen and oxygen atoms in total. The van der Waals surface area contributed by atoms with Crippen molar-refractivity contribution < 1.29 is 0 Å². The molecule has 10 heavy (non-hydrogen) atoms. The molecular weight excluding hydrogens is 171 g/mol. The van der Waals surface area contributed by atoms with Gasteiger partial charge in [0.1, 0.15) is 0 Å². The highest BCUT2D eigenvalue weighted by Crippen LogP contribution is 2.04. The second kappa shape index (κ2) is 6.23. The van der Waals surface area contributed by atoms with Crippen LogP contribution < -0.4 is 5.73 Å². The van der Waals surface area contributed by atoms with Crippen LogP contribution in [-0.4, -0.2) is 30.6 Å². The van der Waals surface area contributed by atoms with Gasteiger partial charge in [0, 0.05) is 12.6 Å². The summed E-state index contributed by atoms with van der Waals surface area (Å²) in [5, 5.41) is 0. The number of hydrogen-bond donors (Lipinski definition) is 1. The van der Waals surface area contributed by atoms with Crippen molar-refractivity contribution in [2.45, 2.75) is 19.4 Å². The van der Waals surface area contributed by atoms with Gasteiger partial charge in [-0.3, -0.25) is 0 Å². The van der Waals surface area contributed by atoms with E-state index in [0.717, 1.165) is 13.1 Å². The summed E-state index contributed by atoms with van der Waals surface area (Å²) in [5.41, 5.74) is 5.66. The van der Waals surface area contributed by atoms with Crippen molar-refractivity contribution in [1.29, 1.82) is 0 Å². The van der Waals surface area contributed by atoms with Gasteiger partial charge in [0.05, 0.1) is 0 Å². The molecule has 1 fully saturated rings. The largest absolute Gasteiger partial charge is 0.326 e. The molecule has 0 amide bonds. The van der Waals surface area contributed by atoms with Crippen LogP contribution in [0.3, 0.4) is 0 Å². The van der Waals surface area contributed by atoms with E-state index in [9.17, 15) is 0 Å². The Morgan fingerprint density at radius 1 is 1.50 bits per heavy atom. The van der Waals surface area contributed by atoms with E-state index in [-0.39, 0.29) is 24.8 Å². The monoisotopic (exact) mass is 186 g/mol. The average Bonchev–Trinajstić information content (AvgIpc) is 2.14. The highest BCUT2D eigenvalue weighted by Gasteiger charge is 2.16. The van der Waals surface area contributed by atoms with Crippen molar-refractivity contribution in [3.63, 3.8) is 0 Å². The Morgan fingerprint density at radius 3 is 2.30 bits per heavy atom. The fourth-order valence-corrected chi connectivity index (χ4v) is 1.15. The number of likely N-dealkylation sites (N-methyl/N-ethyl adjacent to an activating group) is 1. The number of likely N-dealkylation sites (tertiary alicyclic amines) is 1. The van der Waals surface area contributed by atoms with Gasteiger partial charge in [-0.2, -0.15) is 0 Å². The summed E-state index contributed by atoms with van der Waals surface area (Å²) in [6.07, 6.45) is 1.19. The zero-order valence-electron chi connectivity index (χ0n) is 6.25. The summed E-state index contributed by atoms with van der Waals surface area (Å²) in [7, 11) is 0.